The minimum atomic E-state index is -3.22. The maximum absolute atomic E-state index is 13.7. The molecule has 1 aliphatic heterocycles. The third-order valence-electron chi connectivity index (χ3n) is 4.45. The van der Waals surface area contributed by atoms with Gasteiger partial charge < -0.3 is 5.32 Å². The topological polar surface area (TPSA) is 66.5 Å². The van der Waals surface area contributed by atoms with Gasteiger partial charge in [-0.05, 0) is 48.7 Å². The molecule has 7 heteroatoms. The molecule has 0 radical (unpaired) electrons. The Balaban J connectivity index is 1.63. The molecule has 1 saturated heterocycles. The quantitative estimate of drug-likeness (QED) is 0.872. The summed E-state index contributed by atoms with van der Waals surface area (Å²) in [5.74, 6) is -0.761. The van der Waals surface area contributed by atoms with Crippen LogP contribution in [0.3, 0.4) is 0 Å². The highest BCUT2D eigenvalue weighted by Crippen LogP contribution is 2.25. The van der Waals surface area contributed by atoms with Gasteiger partial charge in [0.05, 0.1) is 11.4 Å². The maximum atomic E-state index is 13.7. The second-order valence-corrected chi connectivity index (χ2v) is 8.49. The SMILES string of the molecule is CC(Cc1ccccc1F)C(=O)Nc1ccc(N2CCCS2(=O)=O)cc1. The fourth-order valence-electron chi connectivity index (χ4n) is 2.99. The van der Waals surface area contributed by atoms with Crippen LogP contribution in [0.4, 0.5) is 15.8 Å². The molecule has 1 fully saturated rings. The van der Waals surface area contributed by atoms with Gasteiger partial charge in [-0.1, -0.05) is 25.1 Å². The number of nitrogens with zero attached hydrogens (tertiary/aromatic N) is 1. The highest BCUT2D eigenvalue weighted by molar-refractivity contribution is 7.93. The molecular weight excluding hydrogens is 355 g/mol. The second kappa shape index (κ2) is 7.45. The number of carbonyl (C=O) groups is 1. The van der Waals surface area contributed by atoms with E-state index in [4.69, 9.17) is 0 Å². The van der Waals surface area contributed by atoms with Crippen LogP contribution in [-0.2, 0) is 21.2 Å². The van der Waals surface area contributed by atoms with Crippen molar-refractivity contribution in [3.63, 3.8) is 0 Å². The molecule has 5 nitrogen and oxygen atoms in total. The Kier molecular flexibility index (Phi) is 5.27. The standard InChI is InChI=1S/C19H21FN2O3S/c1-14(13-15-5-2-3-6-18(15)20)19(23)21-16-7-9-17(10-8-16)22-11-4-12-26(22,24)25/h2-3,5-10,14H,4,11-13H2,1H3,(H,21,23). The van der Waals surface area contributed by atoms with E-state index in [1.54, 1.807) is 49.4 Å². The number of sulfonamides is 1. The predicted octanol–water partition coefficient (Wildman–Crippen LogP) is 3.18. The highest BCUT2D eigenvalue weighted by atomic mass is 32.2. The van der Waals surface area contributed by atoms with E-state index in [0.717, 1.165) is 0 Å². The first-order valence-electron chi connectivity index (χ1n) is 8.51. The summed E-state index contributed by atoms with van der Waals surface area (Å²) in [5.41, 5.74) is 1.68. The smallest absolute Gasteiger partial charge is 0.235 e. The molecule has 0 aliphatic carbocycles. The van der Waals surface area contributed by atoms with Gasteiger partial charge in [-0.25, -0.2) is 12.8 Å². The van der Waals surface area contributed by atoms with E-state index in [0.29, 0.717) is 36.3 Å². The Morgan fingerprint density at radius 1 is 1.19 bits per heavy atom. The molecule has 0 saturated carbocycles. The number of hydrogen-bond donors (Lipinski definition) is 1. The van der Waals surface area contributed by atoms with Crippen molar-refractivity contribution in [1.29, 1.82) is 0 Å². The minimum absolute atomic E-state index is 0.166. The molecule has 2 aromatic rings. The largest absolute Gasteiger partial charge is 0.326 e. The first-order valence-corrected chi connectivity index (χ1v) is 10.1. The summed E-state index contributed by atoms with van der Waals surface area (Å²) in [6, 6.07) is 13.1. The van der Waals surface area contributed by atoms with Crippen molar-refractivity contribution in [2.75, 3.05) is 21.9 Å². The van der Waals surface area contributed by atoms with Gasteiger partial charge in [-0.15, -0.1) is 0 Å². The van der Waals surface area contributed by atoms with Gasteiger partial charge >= 0.3 is 0 Å². The van der Waals surface area contributed by atoms with Crippen LogP contribution in [0.25, 0.3) is 0 Å². The van der Waals surface area contributed by atoms with E-state index >= 15 is 0 Å². The molecule has 1 aliphatic rings. The summed E-state index contributed by atoms with van der Waals surface area (Å²) in [5, 5.41) is 2.79. The zero-order chi connectivity index (χ0) is 18.7. The van der Waals surface area contributed by atoms with Crippen molar-refractivity contribution in [1.82, 2.24) is 0 Å². The van der Waals surface area contributed by atoms with Crippen LogP contribution in [0.1, 0.15) is 18.9 Å². The van der Waals surface area contributed by atoms with E-state index in [1.165, 1.54) is 10.4 Å². The van der Waals surface area contributed by atoms with Gasteiger partial charge in [-0.2, -0.15) is 0 Å². The number of nitrogens with one attached hydrogen (secondary N) is 1. The monoisotopic (exact) mass is 376 g/mol. The molecule has 1 heterocycles. The number of halogens is 1. The van der Waals surface area contributed by atoms with Crippen molar-refractivity contribution in [2.45, 2.75) is 19.8 Å². The summed E-state index contributed by atoms with van der Waals surface area (Å²) in [6.45, 7) is 2.22. The van der Waals surface area contributed by atoms with Gasteiger partial charge in [0.25, 0.3) is 0 Å². The third-order valence-corrected chi connectivity index (χ3v) is 6.32. The molecule has 1 unspecified atom stereocenters. The van der Waals surface area contributed by atoms with Gasteiger partial charge in [-0.3, -0.25) is 9.10 Å². The summed E-state index contributed by atoms with van der Waals surface area (Å²) >= 11 is 0. The Hall–Kier alpha value is -2.41. The van der Waals surface area contributed by atoms with Crippen LogP contribution in [0.5, 0.6) is 0 Å². The molecule has 1 atom stereocenters. The van der Waals surface area contributed by atoms with Crippen LogP contribution in [0.15, 0.2) is 48.5 Å². The van der Waals surface area contributed by atoms with Gasteiger partial charge in [0.1, 0.15) is 5.82 Å². The molecular formula is C19H21FN2O3S. The molecule has 3 rings (SSSR count). The first-order chi connectivity index (χ1) is 12.4. The first kappa shape index (κ1) is 18.4. The number of anilines is 2. The zero-order valence-electron chi connectivity index (χ0n) is 14.5. The Labute approximate surface area is 152 Å². The van der Waals surface area contributed by atoms with Crippen molar-refractivity contribution < 1.29 is 17.6 Å². The van der Waals surface area contributed by atoms with Crippen LogP contribution in [0, 0.1) is 11.7 Å². The number of benzene rings is 2. The molecule has 0 spiro atoms. The number of hydrogen-bond acceptors (Lipinski definition) is 3. The molecule has 2 aromatic carbocycles. The number of carbonyl (C=O) groups excluding carboxylic acids is 1. The number of rotatable bonds is 5. The Bertz CT molecular complexity index is 897. The van der Waals surface area contributed by atoms with Crippen LogP contribution < -0.4 is 9.62 Å². The second-order valence-electron chi connectivity index (χ2n) is 6.47. The molecule has 26 heavy (non-hydrogen) atoms. The van der Waals surface area contributed by atoms with E-state index in [-0.39, 0.29) is 17.5 Å². The van der Waals surface area contributed by atoms with E-state index in [1.807, 2.05) is 0 Å². The van der Waals surface area contributed by atoms with E-state index in [2.05, 4.69) is 5.32 Å². The summed E-state index contributed by atoms with van der Waals surface area (Å²) in [6.07, 6.45) is 0.928. The molecule has 1 N–H and O–H groups in total. The van der Waals surface area contributed by atoms with E-state index < -0.39 is 15.9 Å². The average molecular weight is 376 g/mol. The zero-order valence-corrected chi connectivity index (χ0v) is 15.3. The van der Waals surface area contributed by atoms with Crippen molar-refractivity contribution in [3.05, 3.63) is 59.9 Å². The predicted molar refractivity (Wildman–Crippen MR) is 100 cm³/mol. The van der Waals surface area contributed by atoms with Gasteiger partial charge in [0.2, 0.25) is 15.9 Å². The summed E-state index contributed by atoms with van der Waals surface area (Å²) in [4.78, 5) is 12.3. The van der Waals surface area contributed by atoms with E-state index in [9.17, 15) is 17.6 Å². The minimum Gasteiger partial charge on any atom is -0.326 e. The van der Waals surface area contributed by atoms with Crippen molar-refractivity contribution in [3.8, 4) is 0 Å². The third kappa shape index (κ3) is 4.04. The molecule has 1 amide bonds. The maximum Gasteiger partial charge on any atom is 0.235 e. The van der Waals surface area contributed by atoms with Crippen LogP contribution in [0.2, 0.25) is 0 Å². The Morgan fingerprint density at radius 3 is 2.50 bits per heavy atom. The molecule has 0 bridgehead atoms. The average Bonchev–Trinajstić information content (AvgIpc) is 2.97. The fraction of sp³-hybridized carbons (Fsp3) is 0.316. The van der Waals surface area contributed by atoms with Gasteiger partial charge in [0, 0.05) is 18.2 Å². The fourth-order valence-corrected chi connectivity index (χ4v) is 4.56. The lowest BCUT2D eigenvalue weighted by atomic mass is 10.00. The lowest BCUT2D eigenvalue weighted by molar-refractivity contribution is -0.119. The lowest BCUT2D eigenvalue weighted by Gasteiger charge is -2.17. The van der Waals surface area contributed by atoms with Crippen molar-refractivity contribution >= 4 is 27.3 Å². The molecule has 138 valence electrons. The molecule has 0 aromatic heterocycles. The Morgan fingerprint density at radius 2 is 1.88 bits per heavy atom. The lowest BCUT2D eigenvalue weighted by Crippen LogP contribution is -2.25. The normalized spacial score (nSPS) is 17.1. The van der Waals surface area contributed by atoms with Crippen molar-refractivity contribution in [2.24, 2.45) is 5.92 Å². The van der Waals surface area contributed by atoms with Gasteiger partial charge in [0.15, 0.2) is 0 Å². The summed E-state index contributed by atoms with van der Waals surface area (Å²) in [7, 11) is -3.22. The highest BCUT2D eigenvalue weighted by Gasteiger charge is 2.28. The summed E-state index contributed by atoms with van der Waals surface area (Å²) < 4.78 is 39.0. The number of amides is 1. The van der Waals surface area contributed by atoms with Crippen LogP contribution in [-0.4, -0.2) is 26.6 Å². The van der Waals surface area contributed by atoms with Crippen LogP contribution >= 0.6 is 0 Å².